The number of rotatable bonds is 7. The van der Waals surface area contributed by atoms with E-state index in [0.29, 0.717) is 0 Å². The number of halogens is 1. The van der Waals surface area contributed by atoms with Gasteiger partial charge in [0.1, 0.15) is 11.5 Å². The molecule has 26 heavy (non-hydrogen) atoms. The fourth-order valence-corrected chi connectivity index (χ4v) is 3.29. The van der Waals surface area contributed by atoms with Crippen LogP contribution >= 0.6 is 11.6 Å². The molecular formula is C24H25ClO. The molecule has 134 valence electrons. The van der Waals surface area contributed by atoms with E-state index in [9.17, 15) is 0 Å². The highest BCUT2D eigenvalue weighted by Crippen LogP contribution is 2.30. The van der Waals surface area contributed by atoms with Crippen LogP contribution in [0.2, 0.25) is 5.02 Å². The van der Waals surface area contributed by atoms with E-state index in [1.807, 2.05) is 48.5 Å². The molecule has 0 amide bonds. The van der Waals surface area contributed by atoms with Gasteiger partial charge >= 0.3 is 0 Å². The van der Waals surface area contributed by atoms with Crippen LogP contribution in [0.1, 0.15) is 37.8 Å². The maximum atomic E-state index is 6.01. The van der Waals surface area contributed by atoms with Gasteiger partial charge in [0.2, 0.25) is 0 Å². The summed E-state index contributed by atoms with van der Waals surface area (Å²) in [5, 5.41) is 0.791. The minimum absolute atomic E-state index is 0.142. The molecule has 0 unspecified atom stereocenters. The first-order chi connectivity index (χ1) is 12.5. The van der Waals surface area contributed by atoms with Crippen molar-refractivity contribution in [2.24, 2.45) is 0 Å². The predicted octanol–water partition coefficient (Wildman–Crippen LogP) is 7.43. The van der Waals surface area contributed by atoms with Gasteiger partial charge in [0.15, 0.2) is 0 Å². The molecule has 0 aromatic heterocycles. The zero-order chi connectivity index (χ0) is 18.4. The molecule has 0 aliphatic rings. The number of hydrogen-bond donors (Lipinski definition) is 0. The van der Waals surface area contributed by atoms with Gasteiger partial charge in [-0.05, 0) is 72.2 Å². The Morgan fingerprint density at radius 3 is 2.23 bits per heavy atom. The summed E-state index contributed by atoms with van der Waals surface area (Å²) in [4.78, 5) is 0. The fraction of sp³-hybridized carbons (Fsp3) is 0.250. The van der Waals surface area contributed by atoms with Gasteiger partial charge in [-0.15, -0.1) is 0 Å². The van der Waals surface area contributed by atoms with E-state index in [1.54, 1.807) is 0 Å². The quantitative estimate of drug-likeness (QED) is 0.423. The van der Waals surface area contributed by atoms with Crippen molar-refractivity contribution in [2.75, 3.05) is 0 Å². The lowest BCUT2D eigenvalue weighted by molar-refractivity contribution is 0.460. The Kier molecular flexibility index (Phi) is 6.00. The molecule has 0 atom stereocenters. The fourth-order valence-electron chi connectivity index (χ4n) is 3.17. The summed E-state index contributed by atoms with van der Waals surface area (Å²) in [5.74, 6) is 1.76. The van der Waals surface area contributed by atoms with Crippen LogP contribution in [0.25, 0.3) is 0 Å². The minimum Gasteiger partial charge on any atom is -0.457 e. The first-order valence-electron chi connectivity index (χ1n) is 9.11. The molecule has 1 nitrogen and oxygen atoms in total. The summed E-state index contributed by atoms with van der Waals surface area (Å²) in [6, 6.07) is 26.5. The van der Waals surface area contributed by atoms with Crippen LogP contribution < -0.4 is 4.74 Å². The van der Waals surface area contributed by atoms with Crippen molar-refractivity contribution in [2.45, 2.75) is 38.5 Å². The molecule has 0 heterocycles. The average molecular weight is 365 g/mol. The van der Waals surface area contributed by atoms with Gasteiger partial charge in [0.05, 0.1) is 0 Å². The first-order valence-corrected chi connectivity index (χ1v) is 9.49. The second-order valence-corrected chi connectivity index (χ2v) is 7.74. The minimum atomic E-state index is 0.142. The number of aryl methyl sites for hydroxylation is 1. The SMILES string of the molecule is CC(C)(CCCc1cccc(Oc2ccccc2)c1)c1ccc(Cl)cc1. The van der Waals surface area contributed by atoms with Crippen molar-refractivity contribution in [3.63, 3.8) is 0 Å². The summed E-state index contributed by atoms with van der Waals surface area (Å²) in [7, 11) is 0. The Labute approximate surface area is 161 Å². The van der Waals surface area contributed by atoms with Crippen LogP contribution in [0.4, 0.5) is 0 Å². The number of para-hydroxylation sites is 1. The van der Waals surface area contributed by atoms with E-state index in [1.165, 1.54) is 11.1 Å². The van der Waals surface area contributed by atoms with Gasteiger partial charge in [-0.25, -0.2) is 0 Å². The highest BCUT2D eigenvalue weighted by Gasteiger charge is 2.19. The van der Waals surface area contributed by atoms with Gasteiger partial charge in [0, 0.05) is 5.02 Å². The third-order valence-corrected chi connectivity index (χ3v) is 5.02. The molecule has 0 aliphatic carbocycles. The predicted molar refractivity (Wildman–Crippen MR) is 110 cm³/mol. The van der Waals surface area contributed by atoms with E-state index in [-0.39, 0.29) is 5.41 Å². The molecular weight excluding hydrogens is 340 g/mol. The molecule has 0 saturated carbocycles. The number of hydrogen-bond acceptors (Lipinski definition) is 1. The summed E-state index contributed by atoms with van der Waals surface area (Å²) in [5.41, 5.74) is 2.79. The standard InChI is InChI=1S/C24H25ClO/c1-24(2,20-13-15-21(25)16-14-20)17-7-9-19-8-6-12-23(18-19)26-22-10-4-3-5-11-22/h3-6,8,10-16,18H,7,9,17H2,1-2H3. The van der Waals surface area contributed by atoms with Crippen molar-refractivity contribution in [1.29, 1.82) is 0 Å². The maximum absolute atomic E-state index is 6.01. The average Bonchev–Trinajstić information content (AvgIpc) is 2.63. The van der Waals surface area contributed by atoms with Gasteiger partial charge in [-0.2, -0.15) is 0 Å². The van der Waals surface area contributed by atoms with Crippen molar-refractivity contribution in [1.82, 2.24) is 0 Å². The zero-order valence-electron chi connectivity index (χ0n) is 15.4. The van der Waals surface area contributed by atoms with Gasteiger partial charge < -0.3 is 4.74 Å². The highest BCUT2D eigenvalue weighted by molar-refractivity contribution is 6.30. The lowest BCUT2D eigenvalue weighted by Gasteiger charge is -2.25. The van der Waals surface area contributed by atoms with E-state index < -0.39 is 0 Å². The largest absolute Gasteiger partial charge is 0.457 e. The molecule has 0 N–H and O–H groups in total. The third kappa shape index (κ3) is 5.12. The Hall–Kier alpha value is -2.25. The van der Waals surface area contributed by atoms with Crippen molar-refractivity contribution in [3.05, 3.63) is 95.0 Å². The molecule has 0 spiro atoms. The van der Waals surface area contributed by atoms with Crippen molar-refractivity contribution >= 4 is 11.6 Å². The van der Waals surface area contributed by atoms with E-state index in [0.717, 1.165) is 35.8 Å². The van der Waals surface area contributed by atoms with Crippen LogP contribution in [-0.4, -0.2) is 0 Å². The summed E-state index contributed by atoms with van der Waals surface area (Å²) < 4.78 is 5.93. The highest BCUT2D eigenvalue weighted by atomic mass is 35.5. The van der Waals surface area contributed by atoms with Crippen LogP contribution in [0.3, 0.4) is 0 Å². The zero-order valence-corrected chi connectivity index (χ0v) is 16.2. The van der Waals surface area contributed by atoms with Gasteiger partial charge in [-0.3, -0.25) is 0 Å². The molecule has 2 heteroatoms. The van der Waals surface area contributed by atoms with Crippen LogP contribution in [-0.2, 0) is 11.8 Å². The van der Waals surface area contributed by atoms with Crippen LogP contribution in [0, 0.1) is 0 Å². The molecule has 0 fully saturated rings. The molecule has 3 aromatic carbocycles. The Morgan fingerprint density at radius 1 is 0.808 bits per heavy atom. The normalized spacial score (nSPS) is 11.3. The lowest BCUT2D eigenvalue weighted by Crippen LogP contribution is -2.17. The Morgan fingerprint density at radius 2 is 1.50 bits per heavy atom. The second-order valence-electron chi connectivity index (χ2n) is 7.31. The Bertz CT molecular complexity index is 822. The van der Waals surface area contributed by atoms with Gasteiger partial charge in [-0.1, -0.05) is 67.9 Å². The monoisotopic (exact) mass is 364 g/mol. The van der Waals surface area contributed by atoms with E-state index in [2.05, 4.69) is 44.2 Å². The maximum Gasteiger partial charge on any atom is 0.127 e. The Balaban J connectivity index is 1.58. The molecule has 0 aliphatic heterocycles. The van der Waals surface area contributed by atoms with Crippen molar-refractivity contribution < 1.29 is 4.74 Å². The van der Waals surface area contributed by atoms with Gasteiger partial charge in [0.25, 0.3) is 0 Å². The van der Waals surface area contributed by atoms with Crippen LogP contribution in [0.5, 0.6) is 11.5 Å². The lowest BCUT2D eigenvalue weighted by atomic mass is 9.80. The molecule has 3 rings (SSSR count). The van der Waals surface area contributed by atoms with E-state index in [4.69, 9.17) is 16.3 Å². The first kappa shape index (κ1) is 18.5. The topological polar surface area (TPSA) is 9.23 Å². The summed E-state index contributed by atoms with van der Waals surface area (Å²) >= 11 is 6.01. The van der Waals surface area contributed by atoms with Crippen molar-refractivity contribution in [3.8, 4) is 11.5 Å². The number of ether oxygens (including phenoxy) is 1. The summed E-state index contributed by atoms with van der Waals surface area (Å²) in [6.07, 6.45) is 3.30. The van der Waals surface area contributed by atoms with Crippen LogP contribution in [0.15, 0.2) is 78.9 Å². The molecule has 3 aromatic rings. The van der Waals surface area contributed by atoms with E-state index >= 15 is 0 Å². The summed E-state index contributed by atoms with van der Waals surface area (Å²) in [6.45, 7) is 4.59. The third-order valence-electron chi connectivity index (χ3n) is 4.77. The number of benzene rings is 3. The smallest absolute Gasteiger partial charge is 0.127 e. The molecule has 0 bridgehead atoms. The second kappa shape index (κ2) is 8.42. The molecule has 0 saturated heterocycles. The molecule has 0 radical (unpaired) electrons.